The van der Waals surface area contributed by atoms with E-state index in [1.807, 2.05) is 0 Å². The summed E-state index contributed by atoms with van der Waals surface area (Å²) in [5.41, 5.74) is 1.99. The molecule has 1 atom stereocenters. The summed E-state index contributed by atoms with van der Waals surface area (Å²) in [5.74, 6) is 0. The largest absolute Gasteiger partial charge is 0.388 e. The van der Waals surface area contributed by atoms with E-state index in [1.54, 1.807) is 6.07 Å². The number of halogens is 3. The van der Waals surface area contributed by atoms with Crippen molar-refractivity contribution in [2.24, 2.45) is 0 Å². The normalized spacial score (nSPS) is 20.5. The van der Waals surface area contributed by atoms with E-state index in [0.29, 0.717) is 10.0 Å². The van der Waals surface area contributed by atoms with Gasteiger partial charge >= 0.3 is 0 Å². The van der Waals surface area contributed by atoms with Crippen LogP contribution in [0.2, 0.25) is 10.0 Å². The highest BCUT2D eigenvalue weighted by molar-refractivity contribution is 14.1. The van der Waals surface area contributed by atoms with E-state index in [0.717, 1.165) is 27.5 Å². The number of aliphatic hydroxyl groups is 1. The lowest BCUT2D eigenvalue weighted by molar-refractivity contribution is 0.179. The molecule has 0 aromatic heterocycles. The maximum Gasteiger partial charge on any atom is 0.0807 e. The van der Waals surface area contributed by atoms with Crippen LogP contribution in [0.15, 0.2) is 6.07 Å². The van der Waals surface area contributed by atoms with Crippen LogP contribution in [-0.4, -0.2) is 5.11 Å². The monoisotopic (exact) mass is 328 g/mol. The van der Waals surface area contributed by atoms with E-state index in [1.165, 1.54) is 0 Å². The quantitative estimate of drug-likeness (QED) is 0.570. The molecule has 13 heavy (non-hydrogen) atoms. The summed E-state index contributed by atoms with van der Waals surface area (Å²) >= 11 is 14.1. The summed E-state index contributed by atoms with van der Waals surface area (Å²) in [6.45, 7) is 0. The van der Waals surface area contributed by atoms with Gasteiger partial charge in [-0.15, -0.1) is 0 Å². The molecule has 0 amide bonds. The Balaban J connectivity index is 2.70. The van der Waals surface area contributed by atoms with E-state index < -0.39 is 6.10 Å². The van der Waals surface area contributed by atoms with Gasteiger partial charge in [-0.2, -0.15) is 0 Å². The van der Waals surface area contributed by atoms with Crippen molar-refractivity contribution in [2.75, 3.05) is 0 Å². The molecule has 0 bridgehead atoms. The van der Waals surface area contributed by atoms with Crippen molar-refractivity contribution < 1.29 is 5.11 Å². The van der Waals surface area contributed by atoms with Crippen LogP contribution >= 0.6 is 45.8 Å². The lowest BCUT2D eigenvalue weighted by Gasteiger charge is -2.09. The average molecular weight is 329 g/mol. The molecule has 2 rings (SSSR count). The smallest absolute Gasteiger partial charge is 0.0807 e. The zero-order valence-corrected chi connectivity index (χ0v) is 10.3. The lowest BCUT2D eigenvalue weighted by Crippen LogP contribution is -1.95. The maximum absolute atomic E-state index is 9.69. The predicted octanol–water partition coefficient (Wildman–Crippen LogP) is 3.58. The second-order valence-electron chi connectivity index (χ2n) is 3.10. The minimum absolute atomic E-state index is 0.391. The zero-order chi connectivity index (χ0) is 9.59. The molecule has 0 heterocycles. The SMILES string of the molecule is OC1CCc2c(Cl)cc(Cl)c(I)c21. The molecule has 0 fully saturated rings. The molecule has 1 nitrogen and oxygen atoms in total. The lowest BCUT2D eigenvalue weighted by atomic mass is 10.1. The Hall–Kier alpha value is 0.490. The Labute approximate surface area is 100 Å². The fourth-order valence-electron chi connectivity index (χ4n) is 1.68. The van der Waals surface area contributed by atoms with Crippen molar-refractivity contribution >= 4 is 45.8 Å². The van der Waals surface area contributed by atoms with Gasteiger partial charge in [-0.25, -0.2) is 0 Å². The summed E-state index contributed by atoms with van der Waals surface area (Å²) in [5, 5.41) is 11.0. The van der Waals surface area contributed by atoms with Crippen LogP contribution in [0.5, 0.6) is 0 Å². The van der Waals surface area contributed by atoms with Crippen LogP contribution in [0.25, 0.3) is 0 Å². The van der Waals surface area contributed by atoms with Crippen molar-refractivity contribution in [2.45, 2.75) is 18.9 Å². The maximum atomic E-state index is 9.69. The topological polar surface area (TPSA) is 20.2 Å². The number of benzene rings is 1. The van der Waals surface area contributed by atoms with Gasteiger partial charge in [0.25, 0.3) is 0 Å². The first-order chi connectivity index (χ1) is 6.11. The van der Waals surface area contributed by atoms with Gasteiger partial charge in [0.05, 0.1) is 11.1 Å². The zero-order valence-electron chi connectivity index (χ0n) is 6.65. The molecule has 1 aromatic rings. The first-order valence-corrected chi connectivity index (χ1v) is 5.79. The van der Waals surface area contributed by atoms with Crippen molar-refractivity contribution in [3.05, 3.63) is 30.8 Å². The van der Waals surface area contributed by atoms with Crippen LogP contribution in [0.1, 0.15) is 23.7 Å². The summed E-state index contributed by atoms with van der Waals surface area (Å²) in [6.07, 6.45) is 1.21. The number of hydrogen-bond acceptors (Lipinski definition) is 1. The summed E-state index contributed by atoms with van der Waals surface area (Å²) in [4.78, 5) is 0. The van der Waals surface area contributed by atoms with E-state index in [4.69, 9.17) is 23.2 Å². The molecule has 1 aliphatic carbocycles. The third-order valence-electron chi connectivity index (χ3n) is 2.31. The molecule has 4 heteroatoms. The highest BCUT2D eigenvalue weighted by Gasteiger charge is 2.26. The summed E-state index contributed by atoms with van der Waals surface area (Å²) < 4.78 is 0.934. The van der Waals surface area contributed by atoms with E-state index >= 15 is 0 Å². The molecule has 1 unspecified atom stereocenters. The molecular formula is C9H7Cl2IO. The van der Waals surface area contributed by atoms with Crippen LogP contribution in [-0.2, 0) is 6.42 Å². The van der Waals surface area contributed by atoms with E-state index in [9.17, 15) is 5.11 Å². The standard InChI is InChI=1S/C9H7Cl2IO/c10-5-3-6(11)9(12)8-4(5)1-2-7(8)13/h3,7,13H,1-2H2. The Bertz CT molecular complexity index is 365. The Morgan fingerprint density at radius 2 is 2.08 bits per heavy atom. The third-order valence-corrected chi connectivity index (χ3v) is 4.43. The molecule has 70 valence electrons. The van der Waals surface area contributed by atoms with Crippen LogP contribution < -0.4 is 0 Å². The first-order valence-electron chi connectivity index (χ1n) is 3.95. The van der Waals surface area contributed by atoms with Gasteiger partial charge in [0.15, 0.2) is 0 Å². The van der Waals surface area contributed by atoms with E-state index in [-0.39, 0.29) is 0 Å². The van der Waals surface area contributed by atoms with Gasteiger partial charge in [0.2, 0.25) is 0 Å². The highest BCUT2D eigenvalue weighted by atomic mass is 127. The van der Waals surface area contributed by atoms with Crippen LogP contribution in [0, 0.1) is 3.57 Å². The first kappa shape index (κ1) is 10.0. The van der Waals surface area contributed by atoms with Gasteiger partial charge < -0.3 is 5.11 Å². The van der Waals surface area contributed by atoms with Gasteiger partial charge in [0, 0.05) is 14.2 Å². The van der Waals surface area contributed by atoms with Crippen LogP contribution in [0.3, 0.4) is 0 Å². The van der Waals surface area contributed by atoms with Gasteiger partial charge in [-0.05, 0) is 47.1 Å². The minimum atomic E-state index is -0.391. The Morgan fingerprint density at radius 3 is 2.77 bits per heavy atom. The fourth-order valence-corrected chi connectivity index (χ4v) is 3.09. The van der Waals surface area contributed by atoms with Crippen molar-refractivity contribution in [1.82, 2.24) is 0 Å². The molecule has 0 saturated heterocycles. The predicted molar refractivity (Wildman–Crippen MR) is 62.5 cm³/mol. The molecular weight excluding hydrogens is 322 g/mol. The summed E-state index contributed by atoms with van der Waals surface area (Å²) in [6, 6.07) is 1.75. The summed E-state index contributed by atoms with van der Waals surface area (Å²) in [7, 11) is 0. The molecule has 1 aromatic carbocycles. The van der Waals surface area contributed by atoms with Crippen molar-refractivity contribution in [3.63, 3.8) is 0 Å². The molecule has 1 N–H and O–H groups in total. The molecule has 1 aliphatic rings. The highest BCUT2D eigenvalue weighted by Crippen LogP contribution is 2.41. The fraction of sp³-hybridized carbons (Fsp3) is 0.333. The molecule has 0 saturated carbocycles. The molecule has 0 radical (unpaired) electrons. The van der Waals surface area contributed by atoms with E-state index in [2.05, 4.69) is 22.6 Å². The third kappa shape index (κ3) is 1.58. The second kappa shape index (κ2) is 3.57. The van der Waals surface area contributed by atoms with Crippen molar-refractivity contribution in [3.8, 4) is 0 Å². The number of aliphatic hydroxyl groups excluding tert-OH is 1. The van der Waals surface area contributed by atoms with Gasteiger partial charge in [-0.3, -0.25) is 0 Å². The Morgan fingerprint density at radius 1 is 1.38 bits per heavy atom. The number of fused-ring (bicyclic) bond motifs is 1. The van der Waals surface area contributed by atoms with Gasteiger partial charge in [0.1, 0.15) is 0 Å². The van der Waals surface area contributed by atoms with Crippen LogP contribution in [0.4, 0.5) is 0 Å². The van der Waals surface area contributed by atoms with Crippen molar-refractivity contribution in [1.29, 1.82) is 0 Å². The second-order valence-corrected chi connectivity index (χ2v) is 4.99. The van der Waals surface area contributed by atoms with Gasteiger partial charge in [-0.1, -0.05) is 23.2 Å². The molecule has 0 spiro atoms. The Kier molecular flexibility index (Phi) is 2.75. The number of rotatable bonds is 0. The average Bonchev–Trinajstić information content (AvgIpc) is 2.44. The number of hydrogen-bond donors (Lipinski definition) is 1. The molecule has 0 aliphatic heterocycles. The minimum Gasteiger partial charge on any atom is -0.388 e.